The van der Waals surface area contributed by atoms with Crippen LogP contribution in [0.1, 0.15) is 16.8 Å². The highest BCUT2D eigenvalue weighted by Gasteiger charge is 2.16. The molecule has 7 nitrogen and oxygen atoms in total. The highest BCUT2D eigenvalue weighted by molar-refractivity contribution is 7.89. The van der Waals surface area contributed by atoms with Gasteiger partial charge in [0.15, 0.2) is 0 Å². The number of nitrogens with one attached hydrogen (secondary N) is 1. The van der Waals surface area contributed by atoms with Crippen LogP contribution in [0.3, 0.4) is 0 Å². The van der Waals surface area contributed by atoms with Crippen molar-refractivity contribution in [3.8, 4) is 0 Å². The summed E-state index contributed by atoms with van der Waals surface area (Å²) in [5.41, 5.74) is 0.0580. The number of aromatic carboxylic acids is 1. The van der Waals surface area contributed by atoms with Crippen LogP contribution < -0.4 is 10.5 Å². The van der Waals surface area contributed by atoms with Crippen molar-refractivity contribution in [2.75, 3.05) is 18.5 Å². The molecule has 1 rings (SSSR count). The number of carboxylic acid groups (broad SMARTS) is 1. The molecule has 8 heteroatoms. The van der Waals surface area contributed by atoms with E-state index >= 15 is 0 Å². The number of aliphatic hydroxyl groups is 1. The Kier molecular flexibility index (Phi) is 4.65. The molecule has 0 saturated carbocycles. The Morgan fingerprint density at radius 1 is 1.39 bits per heavy atom. The Morgan fingerprint density at radius 3 is 2.56 bits per heavy atom. The Labute approximate surface area is 104 Å². The van der Waals surface area contributed by atoms with E-state index in [2.05, 4.69) is 5.32 Å². The van der Waals surface area contributed by atoms with Gasteiger partial charge in [0.05, 0.1) is 11.3 Å². The van der Waals surface area contributed by atoms with Crippen molar-refractivity contribution in [1.82, 2.24) is 0 Å². The maximum atomic E-state index is 11.4. The molecule has 1 aromatic rings. The molecule has 0 spiro atoms. The van der Waals surface area contributed by atoms with Gasteiger partial charge >= 0.3 is 5.97 Å². The standard InChI is InChI=1S/C10H14N2O5S/c11-18(16,17)9-6-7(10(14)15)2-3-8(9)12-4-1-5-13/h2-3,6,12-13H,1,4-5H2,(H,14,15)(H2,11,16,17). The van der Waals surface area contributed by atoms with Gasteiger partial charge < -0.3 is 15.5 Å². The minimum Gasteiger partial charge on any atom is -0.478 e. The van der Waals surface area contributed by atoms with E-state index in [-0.39, 0.29) is 22.8 Å². The topological polar surface area (TPSA) is 130 Å². The van der Waals surface area contributed by atoms with Crippen LogP contribution >= 0.6 is 0 Å². The van der Waals surface area contributed by atoms with Crippen molar-refractivity contribution < 1.29 is 23.4 Å². The largest absolute Gasteiger partial charge is 0.478 e. The van der Waals surface area contributed by atoms with E-state index in [4.69, 9.17) is 15.4 Å². The third-order valence-electron chi connectivity index (χ3n) is 2.19. The quantitative estimate of drug-likeness (QED) is 0.533. The van der Waals surface area contributed by atoms with Gasteiger partial charge in [-0.05, 0) is 24.6 Å². The molecule has 0 amide bonds. The van der Waals surface area contributed by atoms with E-state index in [9.17, 15) is 13.2 Å². The summed E-state index contributed by atoms with van der Waals surface area (Å²) in [7, 11) is -4.01. The van der Waals surface area contributed by atoms with Gasteiger partial charge in [-0.3, -0.25) is 0 Å². The van der Waals surface area contributed by atoms with Gasteiger partial charge in [-0.1, -0.05) is 0 Å². The molecule has 0 heterocycles. The molecule has 1 aromatic carbocycles. The summed E-state index contributed by atoms with van der Waals surface area (Å²) in [5, 5.41) is 25.2. The van der Waals surface area contributed by atoms with Crippen LogP contribution in [0.25, 0.3) is 0 Å². The summed E-state index contributed by atoms with van der Waals surface area (Å²) in [6.07, 6.45) is 0.435. The maximum Gasteiger partial charge on any atom is 0.335 e. The van der Waals surface area contributed by atoms with Crippen LogP contribution in [-0.2, 0) is 10.0 Å². The summed E-state index contributed by atoms with van der Waals surface area (Å²) in [5.74, 6) is -1.23. The van der Waals surface area contributed by atoms with Crippen molar-refractivity contribution in [3.63, 3.8) is 0 Å². The van der Waals surface area contributed by atoms with E-state index in [0.29, 0.717) is 13.0 Å². The lowest BCUT2D eigenvalue weighted by atomic mass is 10.2. The van der Waals surface area contributed by atoms with Gasteiger partial charge in [0.1, 0.15) is 4.90 Å². The summed E-state index contributed by atoms with van der Waals surface area (Å²) < 4.78 is 22.7. The predicted molar refractivity (Wildman–Crippen MR) is 65.0 cm³/mol. The fourth-order valence-corrected chi connectivity index (χ4v) is 2.08. The van der Waals surface area contributed by atoms with Gasteiger partial charge in [-0.15, -0.1) is 0 Å². The molecular formula is C10H14N2O5S. The third-order valence-corrected chi connectivity index (χ3v) is 3.14. The lowest BCUT2D eigenvalue weighted by molar-refractivity contribution is 0.0696. The molecule has 0 aliphatic rings. The van der Waals surface area contributed by atoms with Crippen molar-refractivity contribution in [2.24, 2.45) is 5.14 Å². The normalized spacial score (nSPS) is 11.2. The smallest absolute Gasteiger partial charge is 0.335 e. The Hall–Kier alpha value is -1.64. The molecule has 0 unspecified atom stereocenters. The second-order valence-corrected chi connectivity index (χ2v) is 5.09. The molecule has 0 bridgehead atoms. The number of nitrogens with two attached hydrogens (primary N) is 1. The van der Waals surface area contributed by atoms with Gasteiger partial charge in [-0.2, -0.15) is 0 Å². The van der Waals surface area contributed by atoms with E-state index in [1.54, 1.807) is 0 Å². The predicted octanol–water partition coefficient (Wildman–Crippen LogP) is -0.173. The average molecular weight is 274 g/mol. The molecule has 0 aliphatic carbocycles. The van der Waals surface area contributed by atoms with Crippen LogP contribution in [0.5, 0.6) is 0 Å². The first-order valence-electron chi connectivity index (χ1n) is 5.11. The average Bonchev–Trinajstić information content (AvgIpc) is 2.28. The molecular weight excluding hydrogens is 260 g/mol. The number of sulfonamides is 1. The summed E-state index contributed by atoms with van der Waals surface area (Å²) >= 11 is 0. The summed E-state index contributed by atoms with van der Waals surface area (Å²) in [6.45, 7) is 0.316. The van der Waals surface area contributed by atoms with Crippen LogP contribution in [-0.4, -0.2) is 37.8 Å². The Bertz CT molecular complexity index is 541. The first kappa shape index (κ1) is 14.4. The number of aliphatic hydroxyl groups excluding tert-OH is 1. The molecule has 100 valence electrons. The zero-order valence-corrected chi connectivity index (χ0v) is 10.3. The molecule has 0 aromatic heterocycles. The number of carboxylic acids is 1. The highest BCUT2D eigenvalue weighted by Crippen LogP contribution is 2.21. The SMILES string of the molecule is NS(=O)(=O)c1cc(C(=O)O)ccc1NCCCO. The van der Waals surface area contributed by atoms with Crippen LogP contribution in [0.4, 0.5) is 5.69 Å². The number of carbonyl (C=O) groups is 1. The first-order chi connectivity index (χ1) is 8.36. The minimum atomic E-state index is -4.01. The van der Waals surface area contributed by atoms with E-state index in [1.807, 2.05) is 0 Å². The minimum absolute atomic E-state index is 0.0368. The number of primary sulfonamides is 1. The van der Waals surface area contributed by atoms with Crippen molar-refractivity contribution in [2.45, 2.75) is 11.3 Å². The van der Waals surface area contributed by atoms with Gasteiger partial charge in [0.25, 0.3) is 0 Å². The van der Waals surface area contributed by atoms with Gasteiger partial charge in [-0.25, -0.2) is 18.4 Å². The number of hydrogen-bond acceptors (Lipinski definition) is 5. The highest BCUT2D eigenvalue weighted by atomic mass is 32.2. The van der Waals surface area contributed by atoms with E-state index in [1.165, 1.54) is 12.1 Å². The van der Waals surface area contributed by atoms with Crippen LogP contribution in [0.2, 0.25) is 0 Å². The maximum absolute atomic E-state index is 11.4. The molecule has 0 aliphatic heterocycles. The lowest BCUT2D eigenvalue weighted by Crippen LogP contribution is -2.16. The van der Waals surface area contributed by atoms with E-state index in [0.717, 1.165) is 6.07 Å². The molecule has 0 atom stereocenters. The zero-order chi connectivity index (χ0) is 13.8. The lowest BCUT2D eigenvalue weighted by Gasteiger charge is -2.10. The fourth-order valence-electron chi connectivity index (χ4n) is 1.34. The van der Waals surface area contributed by atoms with Crippen LogP contribution in [0, 0.1) is 0 Å². The molecule has 0 fully saturated rings. The fraction of sp³-hybridized carbons (Fsp3) is 0.300. The van der Waals surface area contributed by atoms with Gasteiger partial charge in [0.2, 0.25) is 10.0 Å². The number of anilines is 1. The second kappa shape index (κ2) is 5.80. The second-order valence-electron chi connectivity index (χ2n) is 3.57. The summed E-state index contributed by atoms with van der Waals surface area (Å²) in [6, 6.07) is 3.61. The molecule has 0 saturated heterocycles. The van der Waals surface area contributed by atoms with Gasteiger partial charge in [0, 0.05) is 13.2 Å². The molecule has 18 heavy (non-hydrogen) atoms. The number of benzene rings is 1. The van der Waals surface area contributed by atoms with Crippen molar-refractivity contribution >= 4 is 21.7 Å². The van der Waals surface area contributed by atoms with E-state index < -0.39 is 16.0 Å². The summed E-state index contributed by atoms with van der Waals surface area (Å²) in [4.78, 5) is 10.5. The number of hydrogen-bond donors (Lipinski definition) is 4. The van der Waals surface area contributed by atoms with Crippen molar-refractivity contribution in [1.29, 1.82) is 0 Å². The molecule has 5 N–H and O–H groups in total. The zero-order valence-electron chi connectivity index (χ0n) is 9.46. The van der Waals surface area contributed by atoms with Crippen LogP contribution in [0.15, 0.2) is 23.1 Å². The Morgan fingerprint density at radius 2 is 2.06 bits per heavy atom. The first-order valence-corrected chi connectivity index (χ1v) is 6.66. The third kappa shape index (κ3) is 3.69. The monoisotopic (exact) mass is 274 g/mol. The molecule has 0 radical (unpaired) electrons. The Balaban J connectivity index is 3.14. The van der Waals surface area contributed by atoms with Crippen molar-refractivity contribution in [3.05, 3.63) is 23.8 Å². The number of rotatable bonds is 6.